The Bertz CT molecular complexity index is 1450. The number of hydrogen-bond acceptors (Lipinski definition) is 5. The maximum atomic E-state index is 13.6. The third-order valence-electron chi connectivity index (χ3n) is 5.62. The van der Waals surface area contributed by atoms with Crippen molar-refractivity contribution in [2.75, 3.05) is 11.9 Å². The Kier molecular flexibility index (Phi) is 5.99. The van der Waals surface area contributed by atoms with Crippen molar-refractivity contribution in [2.24, 2.45) is 0 Å². The number of aryl methyl sites for hydroxylation is 1. The molecule has 36 heavy (non-hydrogen) atoms. The molecule has 186 valence electrons. The number of amides is 1. The smallest absolute Gasteiger partial charge is 0.405 e. The Morgan fingerprint density at radius 2 is 1.97 bits per heavy atom. The molecule has 0 spiro atoms. The molecule has 2 N–H and O–H groups in total. The van der Waals surface area contributed by atoms with E-state index in [1.165, 1.54) is 35.0 Å². The van der Waals surface area contributed by atoms with Gasteiger partial charge in [0.05, 0.1) is 17.6 Å². The second-order valence-corrected chi connectivity index (χ2v) is 8.58. The van der Waals surface area contributed by atoms with Gasteiger partial charge in [-0.3, -0.25) is 4.79 Å². The number of anilines is 1. The number of aromatic nitrogens is 3. The van der Waals surface area contributed by atoms with Crippen LogP contribution in [0.25, 0.3) is 16.9 Å². The summed E-state index contributed by atoms with van der Waals surface area (Å²) in [4.78, 5) is 16.8. The molecule has 1 aliphatic carbocycles. The number of alkyl halides is 3. The van der Waals surface area contributed by atoms with E-state index in [1.54, 1.807) is 25.1 Å². The zero-order valence-electron chi connectivity index (χ0n) is 19.1. The third kappa shape index (κ3) is 5.24. The van der Waals surface area contributed by atoms with Crippen molar-refractivity contribution in [3.8, 4) is 22.9 Å². The first-order chi connectivity index (χ1) is 17.2. The van der Waals surface area contributed by atoms with E-state index in [1.807, 2.05) is 0 Å². The lowest BCUT2D eigenvalue weighted by molar-refractivity contribution is -0.115. The second kappa shape index (κ2) is 9.14. The van der Waals surface area contributed by atoms with Gasteiger partial charge in [-0.1, -0.05) is 12.1 Å². The Morgan fingerprint density at radius 3 is 2.67 bits per heavy atom. The highest BCUT2D eigenvalue weighted by atomic mass is 19.4. The molecular weight excluding hydrogens is 478 g/mol. The monoisotopic (exact) mass is 499 g/mol. The summed E-state index contributed by atoms with van der Waals surface area (Å²) < 4.78 is 59.4. The van der Waals surface area contributed by atoms with Crippen molar-refractivity contribution in [2.45, 2.75) is 32.0 Å². The van der Waals surface area contributed by atoms with Crippen LogP contribution in [0, 0.1) is 12.7 Å². The third-order valence-corrected chi connectivity index (χ3v) is 5.62. The van der Waals surface area contributed by atoms with E-state index in [0.29, 0.717) is 16.8 Å². The van der Waals surface area contributed by atoms with Crippen molar-refractivity contribution in [1.82, 2.24) is 19.9 Å². The van der Waals surface area contributed by atoms with E-state index in [9.17, 15) is 22.4 Å². The molecule has 0 aliphatic heterocycles. The van der Waals surface area contributed by atoms with E-state index in [0.717, 1.165) is 24.5 Å². The van der Waals surface area contributed by atoms with E-state index < -0.39 is 18.5 Å². The molecule has 2 aromatic heterocycles. The van der Waals surface area contributed by atoms with Crippen molar-refractivity contribution >= 4 is 17.2 Å². The average molecular weight is 499 g/mol. The molecular formula is C25H21F4N5O2. The number of nitrogens with zero attached hydrogens (tertiary/aromatic N) is 3. The van der Waals surface area contributed by atoms with Gasteiger partial charge in [-0.25, -0.2) is 13.9 Å². The maximum absolute atomic E-state index is 13.6. The second-order valence-electron chi connectivity index (χ2n) is 8.58. The van der Waals surface area contributed by atoms with Crippen LogP contribution in [0.2, 0.25) is 0 Å². The highest BCUT2D eigenvalue weighted by Crippen LogP contribution is 2.31. The first-order valence-electron chi connectivity index (χ1n) is 11.2. The first kappa shape index (κ1) is 23.6. The summed E-state index contributed by atoms with van der Waals surface area (Å²) in [6.07, 6.45) is -1.04. The first-order valence-corrected chi connectivity index (χ1v) is 11.2. The molecule has 1 fully saturated rings. The standard InChI is InChI=1S/C25H21F4N5O2/c1-14-9-15(5-8-19(14)24(35)32-17-6-7-17)21-12-30-23-20(31-13-25(27,28)29)11-22(33-34(21)23)36-18-4-2-3-16(26)10-18/h2-5,8-12,17,31H,6-7,13H2,1H3,(H,32,35). The van der Waals surface area contributed by atoms with Crippen molar-refractivity contribution in [3.63, 3.8) is 0 Å². The van der Waals surface area contributed by atoms with E-state index in [4.69, 9.17) is 4.74 Å². The minimum Gasteiger partial charge on any atom is -0.437 e. The van der Waals surface area contributed by atoms with Gasteiger partial charge in [-0.05, 0) is 49.6 Å². The Balaban J connectivity index is 1.54. The molecule has 5 rings (SSSR count). The quantitative estimate of drug-likeness (QED) is 0.328. The SMILES string of the molecule is Cc1cc(-c2cnc3c(NCC(F)(F)F)cc(Oc4cccc(F)c4)nn23)ccc1C(=O)NC1CC1. The van der Waals surface area contributed by atoms with Crippen LogP contribution >= 0.6 is 0 Å². The number of benzene rings is 2. The van der Waals surface area contributed by atoms with Crippen molar-refractivity contribution in [1.29, 1.82) is 0 Å². The van der Waals surface area contributed by atoms with Gasteiger partial charge < -0.3 is 15.4 Å². The lowest BCUT2D eigenvalue weighted by atomic mass is 10.0. The minimum atomic E-state index is -4.47. The molecule has 0 radical (unpaired) electrons. The molecule has 2 aromatic carbocycles. The Hall–Kier alpha value is -4.15. The molecule has 1 saturated carbocycles. The Labute approximate surface area is 203 Å². The van der Waals surface area contributed by atoms with Crippen LogP contribution in [0.3, 0.4) is 0 Å². The molecule has 0 saturated heterocycles. The van der Waals surface area contributed by atoms with E-state index >= 15 is 0 Å². The number of fused-ring (bicyclic) bond motifs is 1. The van der Waals surface area contributed by atoms with Crippen LogP contribution < -0.4 is 15.4 Å². The molecule has 0 atom stereocenters. The van der Waals surface area contributed by atoms with Gasteiger partial charge in [-0.2, -0.15) is 13.2 Å². The fourth-order valence-corrected chi connectivity index (χ4v) is 3.74. The highest BCUT2D eigenvalue weighted by Gasteiger charge is 2.28. The largest absolute Gasteiger partial charge is 0.437 e. The van der Waals surface area contributed by atoms with Crippen LogP contribution in [-0.2, 0) is 0 Å². The predicted octanol–water partition coefficient (Wildman–Crippen LogP) is 5.50. The van der Waals surface area contributed by atoms with Gasteiger partial charge >= 0.3 is 6.18 Å². The molecule has 0 unspecified atom stereocenters. The normalized spacial score (nSPS) is 13.6. The topological polar surface area (TPSA) is 80.6 Å². The zero-order valence-corrected chi connectivity index (χ0v) is 19.1. The number of halogens is 4. The summed E-state index contributed by atoms with van der Waals surface area (Å²) >= 11 is 0. The Morgan fingerprint density at radius 1 is 1.17 bits per heavy atom. The molecule has 1 amide bonds. The van der Waals surface area contributed by atoms with E-state index in [-0.39, 0.29) is 34.9 Å². The van der Waals surface area contributed by atoms with Gasteiger partial charge in [0.25, 0.3) is 5.91 Å². The molecule has 0 bridgehead atoms. The van der Waals surface area contributed by atoms with Crippen LogP contribution in [0.15, 0.2) is 54.7 Å². The van der Waals surface area contributed by atoms with Gasteiger partial charge in [0.1, 0.15) is 18.1 Å². The number of hydrogen-bond donors (Lipinski definition) is 2. The number of rotatable bonds is 7. The molecule has 11 heteroatoms. The summed E-state index contributed by atoms with van der Waals surface area (Å²) in [5.41, 5.74) is 2.58. The summed E-state index contributed by atoms with van der Waals surface area (Å²) in [7, 11) is 0. The average Bonchev–Trinajstić information content (AvgIpc) is 3.52. The van der Waals surface area contributed by atoms with Gasteiger partial charge in [0, 0.05) is 29.3 Å². The minimum absolute atomic E-state index is 0.0390. The summed E-state index contributed by atoms with van der Waals surface area (Å²) in [6.45, 7) is 0.509. The molecule has 7 nitrogen and oxygen atoms in total. The van der Waals surface area contributed by atoms with Gasteiger partial charge in [0.15, 0.2) is 5.65 Å². The van der Waals surface area contributed by atoms with Crippen LogP contribution in [0.5, 0.6) is 11.6 Å². The van der Waals surface area contributed by atoms with Gasteiger partial charge in [-0.15, -0.1) is 5.10 Å². The fourth-order valence-electron chi connectivity index (χ4n) is 3.74. The number of carbonyl (C=O) groups excluding carboxylic acids is 1. The van der Waals surface area contributed by atoms with Crippen LogP contribution in [0.1, 0.15) is 28.8 Å². The molecule has 2 heterocycles. The molecule has 4 aromatic rings. The fraction of sp³-hybridized carbons (Fsp3) is 0.240. The summed E-state index contributed by atoms with van der Waals surface area (Å²) in [5.74, 6) is -0.614. The van der Waals surface area contributed by atoms with Gasteiger partial charge in [0.2, 0.25) is 5.88 Å². The molecule has 1 aliphatic rings. The van der Waals surface area contributed by atoms with Crippen molar-refractivity contribution in [3.05, 3.63) is 71.7 Å². The van der Waals surface area contributed by atoms with Crippen LogP contribution in [-0.4, -0.2) is 39.3 Å². The van der Waals surface area contributed by atoms with Crippen LogP contribution in [0.4, 0.5) is 23.2 Å². The summed E-state index contributed by atoms with van der Waals surface area (Å²) in [5, 5.41) is 9.67. The predicted molar refractivity (Wildman–Crippen MR) is 125 cm³/mol. The lowest BCUT2D eigenvalue weighted by Crippen LogP contribution is -2.26. The number of nitrogens with one attached hydrogen (secondary N) is 2. The number of imidazole rings is 1. The summed E-state index contributed by atoms with van der Waals surface area (Å²) in [6, 6.07) is 12.0. The number of carbonyl (C=O) groups is 1. The zero-order chi connectivity index (χ0) is 25.4. The highest BCUT2D eigenvalue weighted by molar-refractivity contribution is 5.96. The lowest BCUT2D eigenvalue weighted by Gasteiger charge is -2.13. The van der Waals surface area contributed by atoms with E-state index in [2.05, 4.69) is 20.7 Å². The van der Waals surface area contributed by atoms with Crippen molar-refractivity contribution < 1.29 is 27.1 Å². The number of ether oxygens (including phenoxy) is 1. The maximum Gasteiger partial charge on any atom is 0.405 e.